The van der Waals surface area contributed by atoms with Gasteiger partial charge in [-0.2, -0.15) is 0 Å². The number of rotatable bonds is 3. The number of amides is 1. The number of hydrogen-bond acceptors (Lipinski definition) is 3. The van der Waals surface area contributed by atoms with Crippen molar-refractivity contribution in [1.82, 2.24) is 4.90 Å². The Morgan fingerprint density at radius 2 is 2.11 bits per heavy atom. The summed E-state index contributed by atoms with van der Waals surface area (Å²) in [5.41, 5.74) is 8.98. The van der Waals surface area contributed by atoms with Crippen LogP contribution in [-0.4, -0.2) is 37.0 Å². The van der Waals surface area contributed by atoms with E-state index in [-0.39, 0.29) is 11.9 Å². The lowest BCUT2D eigenvalue weighted by molar-refractivity contribution is 0.0711. The first kappa shape index (κ1) is 13.2. The molecule has 1 aliphatic heterocycles. The Morgan fingerprint density at radius 3 is 2.74 bits per heavy atom. The fourth-order valence-electron chi connectivity index (χ4n) is 2.25. The van der Waals surface area contributed by atoms with E-state index >= 15 is 0 Å². The van der Waals surface area contributed by atoms with Crippen LogP contribution in [-0.2, 0) is 0 Å². The van der Waals surface area contributed by atoms with Gasteiger partial charge in [-0.15, -0.1) is 0 Å². The fraction of sp³-hybridized carbons (Fsp3) is 0.462. The van der Waals surface area contributed by atoms with E-state index in [1.54, 1.807) is 24.1 Å². The van der Waals surface area contributed by atoms with Crippen LogP contribution < -0.4 is 4.74 Å². The second-order valence-electron chi connectivity index (χ2n) is 4.43. The maximum absolute atomic E-state index is 12.4. The van der Waals surface area contributed by atoms with Crippen molar-refractivity contribution in [3.63, 3.8) is 0 Å². The summed E-state index contributed by atoms with van der Waals surface area (Å²) in [6.45, 7) is 1.22. The number of hydrogen-bond donors (Lipinski definition) is 0. The average molecular weight is 260 g/mol. The third-order valence-corrected chi connectivity index (χ3v) is 3.30. The molecule has 6 nitrogen and oxygen atoms in total. The van der Waals surface area contributed by atoms with Gasteiger partial charge in [-0.25, -0.2) is 0 Å². The van der Waals surface area contributed by atoms with Crippen LogP contribution in [0.5, 0.6) is 5.75 Å². The highest BCUT2D eigenvalue weighted by molar-refractivity contribution is 5.97. The molecule has 0 aromatic heterocycles. The zero-order valence-corrected chi connectivity index (χ0v) is 10.8. The fourth-order valence-corrected chi connectivity index (χ4v) is 2.25. The number of ether oxygens (including phenoxy) is 1. The number of benzene rings is 1. The van der Waals surface area contributed by atoms with Gasteiger partial charge in [0.25, 0.3) is 5.91 Å². The van der Waals surface area contributed by atoms with Crippen LogP contribution in [0.15, 0.2) is 29.4 Å². The smallest absolute Gasteiger partial charge is 0.257 e. The molecule has 1 fully saturated rings. The molecule has 1 heterocycles. The van der Waals surface area contributed by atoms with E-state index < -0.39 is 0 Å². The van der Waals surface area contributed by atoms with Crippen molar-refractivity contribution in [2.24, 2.45) is 5.11 Å². The van der Waals surface area contributed by atoms with Gasteiger partial charge in [0.05, 0.1) is 12.7 Å². The highest BCUT2D eigenvalue weighted by Gasteiger charge is 2.24. The zero-order valence-electron chi connectivity index (χ0n) is 10.8. The Bertz CT molecular complexity index is 503. The first-order valence-electron chi connectivity index (χ1n) is 6.22. The number of carbonyl (C=O) groups is 1. The first-order valence-corrected chi connectivity index (χ1v) is 6.22. The predicted octanol–water partition coefficient (Wildman–Crippen LogP) is 2.61. The average Bonchev–Trinajstić information content (AvgIpc) is 2.47. The van der Waals surface area contributed by atoms with E-state index in [2.05, 4.69) is 10.0 Å². The minimum Gasteiger partial charge on any atom is -0.496 e. The van der Waals surface area contributed by atoms with Crippen molar-refractivity contribution < 1.29 is 9.53 Å². The van der Waals surface area contributed by atoms with Crippen LogP contribution in [0.3, 0.4) is 0 Å². The van der Waals surface area contributed by atoms with Crippen molar-refractivity contribution in [3.8, 4) is 5.75 Å². The molecule has 0 N–H and O–H groups in total. The van der Waals surface area contributed by atoms with Crippen LogP contribution >= 0.6 is 0 Å². The topological polar surface area (TPSA) is 78.3 Å². The second-order valence-corrected chi connectivity index (χ2v) is 4.43. The highest BCUT2D eigenvalue weighted by Crippen LogP contribution is 2.22. The van der Waals surface area contributed by atoms with Gasteiger partial charge in [-0.3, -0.25) is 4.79 Å². The maximum Gasteiger partial charge on any atom is 0.257 e. The molecule has 1 aromatic carbocycles. The molecule has 1 aromatic rings. The quantitative estimate of drug-likeness (QED) is 0.475. The van der Waals surface area contributed by atoms with Crippen LogP contribution in [0.4, 0.5) is 0 Å². The Hall–Kier alpha value is -2.20. The molecule has 0 atom stereocenters. The summed E-state index contributed by atoms with van der Waals surface area (Å²) in [5.74, 6) is 0.557. The van der Waals surface area contributed by atoms with E-state index in [1.807, 2.05) is 12.1 Å². The molecule has 0 unspecified atom stereocenters. The molecular weight excluding hydrogens is 244 g/mol. The molecular formula is C13H16N4O2. The lowest BCUT2D eigenvalue weighted by atomic mass is 10.0. The molecule has 19 heavy (non-hydrogen) atoms. The number of azide groups is 1. The van der Waals surface area contributed by atoms with Crippen molar-refractivity contribution in [2.75, 3.05) is 20.2 Å². The minimum absolute atomic E-state index is 0.00622. The molecule has 2 rings (SSSR count). The van der Waals surface area contributed by atoms with E-state index in [4.69, 9.17) is 10.3 Å². The van der Waals surface area contributed by atoms with Gasteiger partial charge >= 0.3 is 0 Å². The summed E-state index contributed by atoms with van der Waals surface area (Å²) >= 11 is 0. The normalized spacial score (nSPS) is 15.7. The third-order valence-electron chi connectivity index (χ3n) is 3.30. The summed E-state index contributed by atoms with van der Waals surface area (Å²) in [4.78, 5) is 17.0. The molecule has 0 spiro atoms. The summed E-state index contributed by atoms with van der Waals surface area (Å²) in [5, 5.41) is 3.70. The van der Waals surface area contributed by atoms with Gasteiger partial charge in [0.15, 0.2) is 0 Å². The largest absolute Gasteiger partial charge is 0.496 e. The van der Waals surface area contributed by atoms with E-state index in [1.165, 1.54) is 0 Å². The lowest BCUT2D eigenvalue weighted by Gasteiger charge is -2.30. The summed E-state index contributed by atoms with van der Waals surface area (Å²) in [6.07, 6.45) is 1.43. The van der Waals surface area contributed by atoms with Gasteiger partial charge in [0.2, 0.25) is 0 Å². The molecule has 0 radical (unpaired) electrons. The zero-order chi connectivity index (χ0) is 13.7. The van der Waals surface area contributed by atoms with Crippen LogP contribution in [0.2, 0.25) is 0 Å². The molecule has 1 saturated heterocycles. The molecule has 0 aliphatic carbocycles. The van der Waals surface area contributed by atoms with Gasteiger partial charge in [-0.1, -0.05) is 17.2 Å². The number of methoxy groups -OCH3 is 1. The monoisotopic (exact) mass is 260 g/mol. The van der Waals surface area contributed by atoms with Crippen molar-refractivity contribution in [2.45, 2.75) is 18.9 Å². The van der Waals surface area contributed by atoms with Gasteiger partial charge < -0.3 is 9.64 Å². The van der Waals surface area contributed by atoms with Gasteiger partial charge in [0, 0.05) is 24.0 Å². The van der Waals surface area contributed by atoms with Gasteiger partial charge in [0.1, 0.15) is 5.75 Å². The Morgan fingerprint density at radius 1 is 1.42 bits per heavy atom. The van der Waals surface area contributed by atoms with Crippen LogP contribution in [0.25, 0.3) is 10.4 Å². The van der Waals surface area contributed by atoms with Crippen molar-refractivity contribution in [3.05, 3.63) is 40.3 Å². The highest BCUT2D eigenvalue weighted by atomic mass is 16.5. The summed E-state index contributed by atoms with van der Waals surface area (Å²) < 4.78 is 5.20. The number of piperidine rings is 1. The Kier molecular flexibility index (Phi) is 4.26. The minimum atomic E-state index is -0.0307. The number of nitrogens with zero attached hydrogens (tertiary/aromatic N) is 4. The van der Waals surface area contributed by atoms with Crippen molar-refractivity contribution in [1.29, 1.82) is 0 Å². The van der Waals surface area contributed by atoms with E-state index in [0.717, 1.165) is 0 Å². The van der Waals surface area contributed by atoms with Crippen LogP contribution in [0, 0.1) is 0 Å². The van der Waals surface area contributed by atoms with E-state index in [9.17, 15) is 4.79 Å². The van der Waals surface area contributed by atoms with Crippen molar-refractivity contribution >= 4 is 5.91 Å². The number of para-hydroxylation sites is 1. The van der Waals surface area contributed by atoms with E-state index in [0.29, 0.717) is 37.2 Å². The Balaban J connectivity index is 2.07. The number of carbonyl (C=O) groups excluding carboxylic acids is 1. The van der Waals surface area contributed by atoms with Crippen LogP contribution in [0.1, 0.15) is 23.2 Å². The molecule has 0 saturated carbocycles. The molecule has 100 valence electrons. The Labute approximate surface area is 111 Å². The maximum atomic E-state index is 12.4. The standard InChI is InChI=1S/C13H16N4O2/c1-19-12-5-3-2-4-11(12)13(18)17-8-6-10(7-9-17)15-16-14/h2-5,10H,6-9H2,1H3. The summed E-state index contributed by atoms with van der Waals surface area (Å²) in [6, 6.07) is 7.21. The molecule has 0 bridgehead atoms. The molecule has 1 aliphatic rings. The predicted molar refractivity (Wildman–Crippen MR) is 71.1 cm³/mol. The second kappa shape index (κ2) is 6.11. The van der Waals surface area contributed by atoms with Gasteiger partial charge in [-0.05, 0) is 30.5 Å². The SMILES string of the molecule is COc1ccccc1C(=O)N1CCC(N=[N+]=[N-])CC1. The first-order chi connectivity index (χ1) is 9.26. The lowest BCUT2D eigenvalue weighted by Crippen LogP contribution is -2.39. The third kappa shape index (κ3) is 2.98. The molecule has 1 amide bonds. The number of likely N-dealkylation sites (tertiary alicyclic amines) is 1. The summed E-state index contributed by atoms with van der Waals surface area (Å²) in [7, 11) is 1.56. The molecule has 6 heteroatoms.